The number of pyridine rings is 1. The van der Waals surface area contributed by atoms with Crippen LogP contribution in [0.25, 0.3) is 0 Å². The van der Waals surface area contributed by atoms with Crippen molar-refractivity contribution in [3.63, 3.8) is 0 Å². The lowest BCUT2D eigenvalue weighted by Gasteiger charge is -2.05. The van der Waals surface area contributed by atoms with Crippen molar-refractivity contribution in [2.24, 2.45) is 0 Å². The first kappa shape index (κ1) is 17.3. The van der Waals surface area contributed by atoms with Gasteiger partial charge in [0.05, 0.1) is 0 Å². The summed E-state index contributed by atoms with van der Waals surface area (Å²) >= 11 is 3.08. The van der Waals surface area contributed by atoms with Crippen LogP contribution in [0.4, 0.5) is 11.1 Å². The van der Waals surface area contributed by atoms with Crippen LogP contribution in [0, 0.1) is 0 Å². The summed E-state index contributed by atoms with van der Waals surface area (Å²) in [4.78, 5) is 18.8. The van der Waals surface area contributed by atoms with Gasteiger partial charge in [0.1, 0.15) is 10.7 Å². The minimum atomic E-state index is -0.252. The Bertz CT molecular complexity index is 867. The fourth-order valence-corrected chi connectivity index (χ4v) is 3.49. The molecule has 0 atom stereocenters. The molecular weight excluding hydrogens is 360 g/mol. The average Bonchev–Trinajstić information content (AvgIpc) is 3.03. The number of aromatic amines is 1. The lowest BCUT2D eigenvalue weighted by Crippen LogP contribution is -2.20. The summed E-state index contributed by atoms with van der Waals surface area (Å²) < 4.78 is 0. The predicted molar refractivity (Wildman–Crippen MR) is 98.7 cm³/mol. The third-order valence-electron chi connectivity index (χ3n) is 3.11. The molecule has 4 N–H and O–H groups in total. The number of nitrogen functional groups attached to an aromatic ring is 1. The molecule has 25 heavy (non-hydrogen) atoms. The van der Waals surface area contributed by atoms with E-state index in [4.69, 9.17) is 5.73 Å². The second-order valence-electron chi connectivity index (χ2n) is 5.00. The van der Waals surface area contributed by atoms with E-state index in [1.165, 1.54) is 11.3 Å². The van der Waals surface area contributed by atoms with Gasteiger partial charge >= 0.3 is 0 Å². The molecule has 0 aliphatic heterocycles. The minimum absolute atomic E-state index is 0.252. The van der Waals surface area contributed by atoms with Gasteiger partial charge < -0.3 is 11.1 Å². The van der Waals surface area contributed by atoms with Crippen LogP contribution in [-0.4, -0.2) is 42.7 Å². The highest BCUT2D eigenvalue weighted by Crippen LogP contribution is 2.17. The number of nitrogens with one attached hydrogen (secondary N) is 2. The first-order chi connectivity index (χ1) is 12.2. The summed E-state index contributed by atoms with van der Waals surface area (Å²) in [5, 5.41) is 20.2. The molecule has 0 saturated heterocycles. The normalized spacial score (nSPS) is 10.7. The molecule has 0 aliphatic carbocycles. The number of aromatic nitrogens is 6. The molecule has 3 aromatic rings. The summed E-state index contributed by atoms with van der Waals surface area (Å²) in [5.74, 6) is 1.93. The van der Waals surface area contributed by atoms with Crippen LogP contribution in [0.15, 0.2) is 29.3 Å². The van der Waals surface area contributed by atoms with Crippen LogP contribution >= 0.6 is 23.1 Å². The zero-order valence-electron chi connectivity index (χ0n) is 13.2. The standard InChI is InChI=1S/C14H16N8OS2/c15-13-21-20-11(25-13)8-24-5-4-17-14-18-12(23)10(19-22-14)6-9-2-1-3-16-7-9/h1-3,7H,4-6,8H2,(H2,15,21)(H2,17,18,22,23). The molecule has 130 valence electrons. The van der Waals surface area contributed by atoms with E-state index in [-0.39, 0.29) is 5.56 Å². The predicted octanol–water partition coefficient (Wildman–Crippen LogP) is 0.930. The second kappa shape index (κ2) is 8.53. The van der Waals surface area contributed by atoms with Crippen LogP contribution in [-0.2, 0) is 12.2 Å². The molecular formula is C14H16N8OS2. The molecule has 0 bridgehead atoms. The van der Waals surface area contributed by atoms with E-state index in [0.717, 1.165) is 22.1 Å². The Morgan fingerprint density at radius 2 is 2.20 bits per heavy atom. The SMILES string of the molecule is Nc1nnc(CSCCNc2nnc(Cc3cccnc3)c(=O)[nH]2)s1. The zero-order valence-corrected chi connectivity index (χ0v) is 14.8. The largest absolute Gasteiger partial charge is 0.374 e. The molecule has 0 unspecified atom stereocenters. The van der Waals surface area contributed by atoms with Gasteiger partial charge in [0.15, 0.2) is 0 Å². The van der Waals surface area contributed by atoms with Crippen molar-refractivity contribution in [2.75, 3.05) is 23.3 Å². The average molecular weight is 376 g/mol. The molecule has 0 fully saturated rings. The van der Waals surface area contributed by atoms with E-state index in [0.29, 0.717) is 29.7 Å². The first-order valence-corrected chi connectivity index (χ1v) is 9.42. The number of nitrogens with zero attached hydrogens (tertiary/aromatic N) is 5. The molecule has 11 heteroatoms. The maximum atomic E-state index is 12.1. The van der Waals surface area contributed by atoms with E-state index in [2.05, 4.69) is 35.7 Å². The molecule has 0 radical (unpaired) electrons. The fraction of sp³-hybridized carbons (Fsp3) is 0.286. The van der Waals surface area contributed by atoms with Gasteiger partial charge in [0.25, 0.3) is 5.56 Å². The van der Waals surface area contributed by atoms with Gasteiger partial charge in [-0.1, -0.05) is 17.4 Å². The Balaban J connectivity index is 1.45. The Labute approximate surface area is 151 Å². The van der Waals surface area contributed by atoms with Crippen molar-refractivity contribution in [1.82, 2.24) is 30.4 Å². The monoisotopic (exact) mass is 376 g/mol. The van der Waals surface area contributed by atoms with Crippen LogP contribution in [0.1, 0.15) is 16.3 Å². The van der Waals surface area contributed by atoms with Crippen LogP contribution in [0.3, 0.4) is 0 Å². The van der Waals surface area contributed by atoms with E-state index in [1.54, 1.807) is 24.2 Å². The Kier molecular flexibility index (Phi) is 5.90. The van der Waals surface area contributed by atoms with E-state index in [9.17, 15) is 4.79 Å². The molecule has 0 aliphatic rings. The van der Waals surface area contributed by atoms with Gasteiger partial charge in [0.2, 0.25) is 11.1 Å². The van der Waals surface area contributed by atoms with Crippen molar-refractivity contribution in [1.29, 1.82) is 0 Å². The van der Waals surface area contributed by atoms with Crippen LogP contribution in [0.2, 0.25) is 0 Å². The van der Waals surface area contributed by atoms with Gasteiger partial charge in [-0.2, -0.15) is 11.8 Å². The second-order valence-corrected chi connectivity index (χ2v) is 7.20. The molecule has 0 aromatic carbocycles. The molecule has 0 saturated carbocycles. The van der Waals surface area contributed by atoms with Crippen molar-refractivity contribution < 1.29 is 0 Å². The molecule has 3 rings (SSSR count). The van der Waals surface area contributed by atoms with E-state index < -0.39 is 0 Å². The molecule has 3 aromatic heterocycles. The molecule has 9 nitrogen and oxygen atoms in total. The summed E-state index contributed by atoms with van der Waals surface area (Å²) in [5.41, 5.74) is 6.56. The summed E-state index contributed by atoms with van der Waals surface area (Å²) in [6.45, 7) is 0.644. The van der Waals surface area contributed by atoms with Crippen LogP contribution in [0.5, 0.6) is 0 Å². The highest BCUT2D eigenvalue weighted by atomic mass is 32.2. The third kappa shape index (κ3) is 5.22. The number of H-pyrrole nitrogens is 1. The summed E-state index contributed by atoms with van der Waals surface area (Å²) in [6, 6.07) is 3.71. The van der Waals surface area contributed by atoms with Gasteiger partial charge in [-0.05, 0) is 11.6 Å². The Hall–Kier alpha value is -2.53. The maximum Gasteiger partial charge on any atom is 0.274 e. The number of nitrogens with two attached hydrogens (primary N) is 1. The zero-order chi connectivity index (χ0) is 17.5. The number of rotatable bonds is 8. The van der Waals surface area contributed by atoms with Gasteiger partial charge in [-0.25, -0.2) is 0 Å². The van der Waals surface area contributed by atoms with Crippen LogP contribution < -0.4 is 16.6 Å². The smallest absolute Gasteiger partial charge is 0.274 e. The van der Waals surface area contributed by atoms with Crippen molar-refractivity contribution in [3.8, 4) is 0 Å². The summed E-state index contributed by atoms with van der Waals surface area (Å²) in [7, 11) is 0. The molecule has 3 heterocycles. The maximum absolute atomic E-state index is 12.1. The van der Waals surface area contributed by atoms with E-state index in [1.807, 2.05) is 12.1 Å². The lowest BCUT2D eigenvalue weighted by molar-refractivity contribution is 0.862. The molecule has 0 spiro atoms. The highest BCUT2D eigenvalue weighted by Gasteiger charge is 2.06. The Morgan fingerprint density at radius 1 is 1.28 bits per heavy atom. The Morgan fingerprint density at radius 3 is 2.92 bits per heavy atom. The number of hydrogen-bond donors (Lipinski definition) is 3. The van der Waals surface area contributed by atoms with Crippen molar-refractivity contribution in [3.05, 3.63) is 51.1 Å². The van der Waals surface area contributed by atoms with Gasteiger partial charge in [-0.3, -0.25) is 14.8 Å². The molecule has 0 amide bonds. The summed E-state index contributed by atoms with van der Waals surface area (Å²) in [6.07, 6.45) is 3.79. The minimum Gasteiger partial charge on any atom is -0.374 e. The van der Waals surface area contributed by atoms with Crippen molar-refractivity contribution in [2.45, 2.75) is 12.2 Å². The third-order valence-corrected chi connectivity index (χ3v) is 5.01. The number of hydrogen-bond acceptors (Lipinski definition) is 10. The van der Waals surface area contributed by atoms with E-state index >= 15 is 0 Å². The van der Waals surface area contributed by atoms with Gasteiger partial charge in [0, 0.05) is 36.9 Å². The fourth-order valence-electron chi connectivity index (χ4n) is 1.98. The lowest BCUT2D eigenvalue weighted by atomic mass is 10.2. The number of anilines is 2. The quantitative estimate of drug-likeness (QED) is 0.490. The first-order valence-electron chi connectivity index (χ1n) is 7.45. The van der Waals surface area contributed by atoms with Gasteiger partial charge in [-0.15, -0.1) is 20.4 Å². The van der Waals surface area contributed by atoms with Crippen molar-refractivity contribution >= 4 is 34.2 Å². The topological polar surface area (TPSA) is 135 Å². The highest BCUT2D eigenvalue weighted by molar-refractivity contribution is 7.98. The number of thioether (sulfide) groups is 1.